The van der Waals surface area contributed by atoms with E-state index in [0.717, 1.165) is 6.42 Å². The molecule has 0 unspecified atom stereocenters. The van der Waals surface area contributed by atoms with E-state index >= 15 is 0 Å². The van der Waals surface area contributed by atoms with Gasteiger partial charge in [-0.25, -0.2) is 4.39 Å². The molecule has 0 aliphatic carbocycles. The zero-order valence-electron chi connectivity index (χ0n) is 9.80. The van der Waals surface area contributed by atoms with E-state index in [0.29, 0.717) is 10.8 Å². The molecule has 88 valence electrons. The normalized spacial score (nSPS) is 11.0. The molecule has 1 aromatic carbocycles. The van der Waals surface area contributed by atoms with Gasteiger partial charge in [-0.3, -0.25) is 0 Å². The summed E-state index contributed by atoms with van der Waals surface area (Å²) in [6.07, 6.45) is 0.956. The van der Waals surface area contributed by atoms with Gasteiger partial charge in [0, 0.05) is 11.2 Å². The Bertz CT molecular complexity index is 377. The topological polar surface area (TPSA) is 24.1 Å². The monoisotopic (exact) mass is 240 g/mol. The average Bonchev–Trinajstić information content (AvgIpc) is 2.16. The Hall–Kier alpha value is -1.16. The third kappa shape index (κ3) is 4.14. The molecule has 0 bridgehead atoms. The minimum absolute atomic E-state index is 0.0581. The fraction of sp³-hybridized carbons (Fsp3) is 0.417. The van der Waals surface area contributed by atoms with Crippen LogP contribution >= 0.6 is 12.2 Å². The molecule has 0 aliphatic heterocycles. The highest BCUT2D eigenvalue weighted by molar-refractivity contribution is 7.80. The Kier molecular flexibility index (Phi) is 4.24. The number of halogens is 1. The minimum Gasteiger partial charge on any atom is -0.358 e. The number of hydrogen-bond acceptors (Lipinski definition) is 1. The summed E-state index contributed by atoms with van der Waals surface area (Å²) >= 11 is 5.15. The highest BCUT2D eigenvalue weighted by atomic mass is 32.1. The number of nitrogens with one attached hydrogen (secondary N) is 2. The van der Waals surface area contributed by atoms with Crippen LogP contribution in [0.4, 0.5) is 10.1 Å². The molecule has 1 rings (SSSR count). The number of benzene rings is 1. The van der Waals surface area contributed by atoms with Gasteiger partial charge in [0.2, 0.25) is 0 Å². The third-order valence-electron chi connectivity index (χ3n) is 2.42. The third-order valence-corrected chi connectivity index (χ3v) is 2.62. The van der Waals surface area contributed by atoms with E-state index < -0.39 is 0 Å². The van der Waals surface area contributed by atoms with Crippen molar-refractivity contribution in [3.63, 3.8) is 0 Å². The van der Waals surface area contributed by atoms with E-state index in [9.17, 15) is 4.39 Å². The highest BCUT2D eigenvalue weighted by Gasteiger charge is 2.15. The first-order valence-electron chi connectivity index (χ1n) is 5.28. The largest absolute Gasteiger partial charge is 0.358 e. The lowest BCUT2D eigenvalue weighted by Crippen LogP contribution is -2.44. The molecule has 0 aromatic heterocycles. The Morgan fingerprint density at radius 2 is 2.12 bits per heavy atom. The van der Waals surface area contributed by atoms with Gasteiger partial charge in [-0.1, -0.05) is 13.0 Å². The van der Waals surface area contributed by atoms with Gasteiger partial charge in [-0.05, 0) is 50.7 Å². The van der Waals surface area contributed by atoms with Gasteiger partial charge in [-0.2, -0.15) is 0 Å². The van der Waals surface area contributed by atoms with Crippen molar-refractivity contribution in [2.75, 3.05) is 5.32 Å². The number of hydrogen-bond donors (Lipinski definition) is 2. The molecule has 4 heteroatoms. The van der Waals surface area contributed by atoms with Crippen molar-refractivity contribution in [1.29, 1.82) is 0 Å². The quantitative estimate of drug-likeness (QED) is 0.793. The minimum atomic E-state index is -0.275. The maximum Gasteiger partial charge on any atom is 0.171 e. The molecular weight excluding hydrogens is 223 g/mol. The molecular formula is C12H17FN2S. The van der Waals surface area contributed by atoms with Crippen molar-refractivity contribution in [1.82, 2.24) is 5.32 Å². The van der Waals surface area contributed by atoms with Gasteiger partial charge in [0.05, 0.1) is 0 Å². The molecule has 0 saturated heterocycles. The van der Waals surface area contributed by atoms with Crippen molar-refractivity contribution in [3.8, 4) is 0 Å². The number of anilines is 1. The first kappa shape index (κ1) is 12.9. The van der Waals surface area contributed by atoms with Gasteiger partial charge in [0.25, 0.3) is 0 Å². The first-order chi connectivity index (χ1) is 7.43. The van der Waals surface area contributed by atoms with Crippen LogP contribution in [0, 0.1) is 5.82 Å². The maximum atomic E-state index is 12.9. The van der Waals surface area contributed by atoms with E-state index in [1.165, 1.54) is 12.1 Å². The predicted molar refractivity (Wildman–Crippen MR) is 70.1 cm³/mol. The second-order valence-corrected chi connectivity index (χ2v) is 4.74. The van der Waals surface area contributed by atoms with Crippen LogP contribution in [-0.2, 0) is 0 Å². The molecule has 0 saturated carbocycles. The summed E-state index contributed by atoms with van der Waals surface area (Å²) in [5.41, 5.74) is 0.599. The Morgan fingerprint density at radius 1 is 1.44 bits per heavy atom. The molecule has 0 amide bonds. The van der Waals surface area contributed by atoms with Gasteiger partial charge < -0.3 is 10.6 Å². The van der Waals surface area contributed by atoms with Crippen molar-refractivity contribution in [3.05, 3.63) is 30.1 Å². The Morgan fingerprint density at radius 3 is 2.69 bits per heavy atom. The molecule has 0 fully saturated rings. The van der Waals surface area contributed by atoms with Crippen LogP contribution in [0.5, 0.6) is 0 Å². The molecule has 0 atom stereocenters. The number of rotatable bonds is 3. The maximum absolute atomic E-state index is 12.9. The van der Waals surface area contributed by atoms with Crippen LogP contribution in [-0.4, -0.2) is 10.7 Å². The summed E-state index contributed by atoms with van der Waals surface area (Å²) in [6.45, 7) is 6.21. The standard InChI is InChI=1S/C12H17FN2S/c1-4-12(2,3)15-11(16)14-10-7-5-6-9(13)8-10/h5-8H,4H2,1-3H3,(H2,14,15,16). The molecule has 2 N–H and O–H groups in total. The van der Waals surface area contributed by atoms with Gasteiger partial charge in [0.1, 0.15) is 5.82 Å². The molecule has 0 aliphatic rings. The second-order valence-electron chi connectivity index (χ2n) is 4.33. The summed E-state index contributed by atoms with van der Waals surface area (Å²) in [6, 6.07) is 6.23. The lowest BCUT2D eigenvalue weighted by molar-refractivity contribution is 0.448. The molecule has 0 heterocycles. The Labute approximate surface area is 101 Å². The van der Waals surface area contributed by atoms with Crippen molar-refractivity contribution >= 4 is 23.0 Å². The summed E-state index contributed by atoms with van der Waals surface area (Å²) in [4.78, 5) is 0. The summed E-state index contributed by atoms with van der Waals surface area (Å²) in [7, 11) is 0. The van der Waals surface area contributed by atoms with E-state index in [1.54, 1.807) is 12.1 Å². The van der Waals surface area contributed by atoms with Crippen molar-refractivity contribution in [2.24, 2.45) is 0 Å². The average molecular weight is 240 g/mol. The number of thiocarbonyl (C=S) groups is 1. The molecule has 16 heavy (non-hydrogen) atoms. The second kappa shape index (κ2) is 5.25. The highest BCUT2D eigenvalue weighted by Crippen LogP contribution is 2.11. The van der Waals surface area contributed by atoms with E-state index in [1.807, 2.05) is 0 Å². The van der Waals surface area contributed by atoms with Gasteiger partial charge in [0.15, 0.2) is 5.11 Å². The fourth-order valence-corrected chi connectivity index (χ4v) is 1.52. The van der Waals surface area contributed by atoms with Gasteiger partial charge >= 0.3 is 0 Å². The van der Waals surface area contributed by atoms with Crippen LogP contribution in [0.1, 0.15) is 27.2 Å². The zero-order valence-corrected chi connectivity index (χ0v) is 10.6. The van der Waals surface area contributed by atoms with Crippen LogP contribution in [0.15, 0.2) is 24.3 Å². The zero-order chi connectivity index (χ0) is 12.2. The lowest BCUT2D eigenvalue weighted by Gasteiger charge is -2.26. The van der Waals surface area contributed by atoms with E-state index in [4.69, 9.17) is 12.2 Å². The van der Waals surface area contributed by atoms with Crippen LogP contribution < -0.4 is 10.6 Å². The van der Waals surface area contributed by atoms with Crippen LogP contribution in [0.2, 0.25) is 0 Å². The molecule has 0 radical (unpaired) electrons. The fourth-order valence-electron chi connectivity index (χ4n) is 1.12. The molecule has 1 aromatic rings. The van der Waals surface area contributed by atoms with Crippen LogP contribution in [0.3, 0.4) is 0 Å². The lowest BCUT2D eigenvalue weighted by atomic mass is 10.0. The predicted octanol–water partition coefficient (Wildman–Crippen LogP) is 3.30. The van der Waals surface area contributed by atoms with E-state index in [-0.39, 0.29) is 11.4 Å². The SMILES string of the molecule is CCC(C)(C)NC(=S)Nc1cccc(F)c1. The first-order valence-corrected chi connectivity index (χ1v) is 5.68. The van der Waals surface area contributed by atoms with Crippen molar-refractivity contribution < 1.29 is 4.39 Å². The Balaban J connectivity index is 2.59. The molecule has 2 nitrogen and oxygen atoms in total. The summed E-state index contributed by atoms with van der Waals surface area (Å²) in [5, 5.41) is 6.64. The summed E-state index contributed by atoms with van der Waals surface area (Å²) < 4.78 is 12.9. The van der Waals surface area contributed by atoms with Gasteiger partial charge in [-0.15, -0.1) is 0 Å². The van der Waals surface area contributed by atoms with Crippen LogP contribution in [0.25, 0.3) is 0 Å². The van der Waals surface area contributed by atoms with Crippen molar-refractivity contribution in [2.45, 2.75) is 32.7 Å². The molecule has 0 spiro atoms. The van der Waals surface area contributed by atoms with E-state index in [2.05, 4.69) is 31.4 Å². The summed E-state index contributed by atoms with van der Waals surface area (Å²) in [5.74, 6) is -0.275. The smallest absolute Gasteiger partial charge is 0.171 e.